The van der Waals surface area contributed by atoms with Crippen LogP contribution in [0.3, 0.4) is 0 Å². The summed E-state index contributed by atoms with van der Waals surface area (Å²) in [6, 6.07) is 8.15. The van der Waals surface area contributed by atoms with Gasteiger partial charge in [0.25, 0.3) is 0 Å². The van der Waals surface area contributed by atoms with E-state index < -0.39 is 0 Å². The number of hydrogen-bond acceptors (Lipinski definition) is 4. The number of benzene rings is 1. The molecule has 0 radical (unpaired) electrons. The Balaban J connectivity index is 1.78. The highest BCUT2D eigenvalue weighted by atomic mass is 79.9. The highest BCUT2D eigenvalue weighted by Crippen LogP contribution is 2.23. The lowest BCUT2D eigenvalue weighted by atomic mass is 10.2. The molecule has 116 valence electrons. The molecule has 1 aromatic heterocycles. The summed E-state index contributed by atoms with van der Waals surface area (Å²) in [4.78, 5) is 11.4. The van der Waals surface area contributed by atoms with Crippen molar-refractivity contribution in [3.8, 4) is 0 Å². The Morgan fingerprint density at radius 2 is 1.86 bits per heavy atom. The summed E-state index contributed by atoms with van der Waals surface area (Å²) in [5.41, 5.74) is 2.20. The van der Waals surface area contributed by atoms with E-state index in [0.29, 0.717) is 5.95 Å². The molecule has 1 N–H and O–H groups in total. The number of hydrogen-bond donors (Lipinski definition) is 1. The first-order valence-corrected chi connectivity index (χ1v) is 8.63. The molecule has 4 nitrogen and oxygen atoms in total. The van der Waals surface area contributed by atoms with Crippen molar-refractivity contribution in [2.24, 2.45) is 0 Å². The van der Waals surface area contributed by atoms with E-state index in [4.69, 9.17) is 0 Å². The zero-order valence-electron chi connectivity index (χ0n) is 12.8. The molecule has 5 heteroatoms. The third-order valence-electron chi connectivity index (χ3n) is 4.01. The highest BCUT2D eigenvalue weighted by Gasteiger charge is 2.12. The van der Waals surface area contributed by atoms with E-state index in [0.717, 1.165) is 34.6 Å². The Kier molecular flexibility index (Phi) is 4.93. The van der Waals surface area contributed by atoms with Crippen molar-refractivity contribution in [2.45, 2.75) is 32.6 Å². The standard InChI is InChI=1S/C17H21BrN4/c1-13-12-14(18)6-7-15(13)20-17-19-9-8-16(21-17)22-10-4-2-3-5-11-22/h6-9,12H,2-5,10-11H2,1H3,(H,19,20,21). The molecule has 1 aliphatic heterocycles. The van der Waals surface area contributed by atoms with E-state index in [1.54, 1.807) is 0 Å². The summed E-state index contributed by atoms with van der Waals surface area (Å²) in [6.07, 6.45) is 6.98. The lowest BCUT2D eigenvalue weighted by molar-refractivity contribution is 0.726. The molecule has 2 heterocycles. The number of aryl methyl sites for hydroxylation is 1. The summed E-state index contributed by atoms with van der Waals surface area (Å²) in [5, 5.41) is 3.32. The van der Waals surface area contributed by atoms with Crippen LogP contribution in [0.5, 0.6) is 0 Å². The molecule has 0 spiro atoms. The van der Waals surface area contributed by atoms with Crippen molar-refractivity contribution in [1.82, 2.24) is 9.97 Å². The van der Waals surface area contributed by atoms with Crippen LogP contribution in [0.1, 0.15) is 31.2 Å². The second-order valence-electron chi connectivity index (χ2n) is 5.72. The van der Waals surface area contributed by atoms with Crippen molar-refractivity contribution >= 4 is 33.4 Å². The van der Waals surface area contributed by atoms with Gasteiger partial charge in [-0.25, -0.2) is 4.98 Å². The molecule has 2 aromatic rings. The first-order valence-electron chi connectivity index (χ1n) is 7.83. The third kappa shape index (κ3) is 3.77. The van der Waals surface area contributed by atoms with Gasteiger partial charge in [-0.15, -0.1) is 0 Å². The Hall–Kier alpha value is -1.62. The molecule has 0 bridgehead atoms. The molecule has 1 aromatic carbocycles. The summed E-state index contributed by atoms with van der Waals surface area (Å²) < 4.78 is 1.08. The minimum Gasteiger partial charge on any atom is -0.356 e. The average molecular weight is 361 g/mol. The molecule has 0 atom stereocenters. The maximum atomic E-state index is 4.69. The Bertz CT molecular complexity index is 636. The minimum absolute atomic E-state index is 0.659. The fourth-order valence-corrected chi connectivity index (χ4v) is 3.25. The number of nitrogens with zero attached hydrogens (tertiary/aromatic N) is 3. The van der Waals surface area contributed by atoms with Crippen molar-refractivity contribution < 1.29 is 0 Å². The molecule has 0 amide bonds. The fraction of sp³-hybridized carbons (Fsp3) is 0.412. The summed E-state index contributed by atoms with van der Waals surface area (Å²) in [6.45, 7) is 4.26. The smallest absolute Gasteiger partial charge is 0.229 e. The van der Waals surface area contributed by atoms with Gasteiger partial charge in [0.2, 0.25) is 5.95 Å². The van der Waals surface area contributed by atoms with Crippen molar-refractivity contribution in [3.05, 3.63) is 40.5 Å². The summed E-state index contributed by atoms with van der Waals surface area (Å²) in [7, 11) is 0. The zero-order valence-corrected chi connectivity index (χ0v) is 14.4. The lowest BCUT2D eigenvalue weighted by Gasteiger charge is -2.21. The topological polar surface area (TPSA) is 41.1 Å². The number of halogens is 1. The zero-order chi connectivity index (χ0) is 15.4. The molecule has 3 rings (SSSR count). The monoisotopic (exact) mass is 360 g/mol. The van der Waals surface area contributed by atoms with Gasteiger partial charge in [-0.05, 0) is 49.6 Å². The number of nitrogens with one attached hydrogen (secondary N) is 1. The molecule has 1 fully saturated rings. The van der Waals surface area contributed by atoms with E-state index >= 15 is 0 Å². The van der Waals surface area contributed by atoms with E-state index in [9.17, 15) is 0 Å². The lowest BCUT2D eigenvalue weighted by Crippen LogP contribution is -2.25. The van der Waals surface area contributed by atoms with E-state index in [-0.39, 0.29) is 0 Å². The molecule has 0 saturated carbocycles. The van der Waals surface area contributed by atoms with Crippen LogP contribution in [-0.2, 0) is 0 Å². The first kappa shape index (κ1) is 15.3. The van der Waals surface area contributed by atoms with Crippen molar-refractivity contribution in [1.29, 1.82) is 0 Å². The minimum atomic E-state index is 0.659. The number of anilines is 3. The van der Waals surface area contributed by atoms with Crippen molar-refractivity contribution in [2.75, 3.05) is 23.3 Å². The predicted molar refractivity (Wildman–Crippen MR) is 94.9 cm³/mol. The summed E-state index contributed by atoms with van der Waals surface area (Å²) >= 11 is 3.49. The first-order chi connectivity index (χ1) is 10.7. The van der Waals surface area contributed by atoms with Gasteiger partial charge in [-0.1, -0.05) is 28.8 Å². The maximum Gasteiger partial charge on any atom is 0.229 e. The van der Waals surface area contributed by atoms with Gasteiger partial charge in [0.15, 0.2) is 0 Å². The molecular formula is C17H21BrN4. The summed E-state index contributed by atoms with van der Waals surface area (Å²) in [5.74, 6) is 1.68. The van der Waals surface area contributed by atoms with Gasteiger partial charge in [0.1, 0.15) is 5.82 Å². The van der Waals surface area contributed by atoms with Gasteiger partial charge in [-0.2, -0.15) is 4.98 Å². The molecule has 1 saturated heterocycles. The molecule has 22 heavy (non-hydrogen) atoms. The van der Waals surface area contributed by atoms with Crippen LogP contribution in [0.2, 0.25) is 0 Å². The van der Waals surface area contributed by atoms with E-state index in [2.05, 4.69) is 49.1 Å². The number of rotatable bonds is 3. The van der Waals surface area contributed by atoms with Crippen LogP contribution >= 0.6 is 15.9 Å². The second kappa shape index (κ2) is 7.09. The van der Waals surface area contributed by atoms with Crippen LogP contribution in [0.15, 0.2) is 34.9 Å². The maximum absolute atomic E-state index is 4.69. The van der Waals surface area contributed by atoms with Gasteiger partial charge in [0.05, 0.1) is 0 Å². The van der Waals surface area contributed by atoms with Crippen LogP contribution in [0, 0.1) is 6.92 Å². The molecule has 1 aliphatic rings. The Labute approximate surface area is 140 Å². The average Bonchev–Trinajstić information content (AvgIpc) is 2.80. The third-order valence-corrected chi connectivity index (χ3v) is 4.50. The molecular weight excluding hydrogens is 340 g/mol. The molecule has 0 aliphatic carbocycles. The quantitative estimate of drug-likeness (QED) is 0.863. The number of aromatic nitrogens is 2. The van der Waals surface area contributed by atoms with Gasteiger partial charge >= 0.3 is 0 Å². The SMILES string of the molecule is Cc1cc(Br)ccc1Nc1nccc(N2CCCCCC2)n1. The van der Waals surface area contributed by atoms with Gasteiger partial charge < -0.3 is 10.2 Å². The van der Waals surface area contributed by atoms with Crippen LogP contribution in [0.4, 0.5) is 17.5 Å². The van der Waals surface area contributed by atoms with Crippen LogP contribution in [0.25, 0.3) is 0 Å². The Morgan fingerprint density at radius 3 is 2.59 bits per heavy atom. The van der Waals surface area contributed by atoms with E-state index in [1.165, 1.54) is 25.7 Å². The van der Waals surface area contributed by atoms with Gasteiger partial charge in [0, 0.05) is 29.4 Å². The van der Waals surface area contributed by atoms with Gasteiger partial charge in [-0.3, -0.25) is 0 Å². The van der Waals surface area contributed by atoms with Crippen LogP contribution in [-0.4, -0.2) is 23.1 Å². The Morgan fingerprint density at radius 1 is 1.09 bits per heavy atom. The van der Waals surface area contributed by atoms with E-state index in [1.807, 2.05) is 24.4 Å². The van der Waals surface area contributed by atoms with Crippen molar-refractivity contribution in [3.63, 3.8) is 0 Å². The largest absolute Gasteiger partial charge is 0.356 e. The van der Waals surface area contributed by atoms with Crippen LogP contribution < -0.4 is 10.2 Å². The normalized spacial score (nSPS) is 15.5. The molecule has 0 unspecified atom stereocenters. The second-order valence-corrected chi connectivity index (χ2v) is 6.64. The highest BCUT2D eigenvalue weighted by molar-refractivity contribution is 9.10. The fourth-order valence-electron chi connectivity index (χ4n) is 2.77. The predicted octanol–water partition coefficient (Wildman–Crippen LogP) is 4.67.